The number of nitrogens with one attached hydrogen (secondary N) is 1. The molecule has 2 heterocycles. The molecule has 5 nitrogen and oxygen atoms in total. The van der Waals surface area contributed by atoms with Gasteiger partial charge in [0.2, 0.25) is 0 Å². The Labute approximate surface area is 134 Å². The number of carbonyl (C=O) groups excluding carboxylic acids is 1. The molecule has 0 spiro atoms. The van der Waals surface area contributed by atoms with Crippen LogP contribution in [0.5, 0.6) is 11.5 Å². The van der Waals surface area contributed by atoms with Gasteiger partial charge in [0.15, 0.2) is 11.5 Å². The van der Waals surface area contributed by atoms with E-state index in [2.05, 4.69) is 11.4 Å². The lowest BCUT2D eigenvalue weighted by atomic mass is 9.86. The van der Waals surface area contributed by atoms with Crippen LogP contribution in [0.4, 0.5) is 10.5 Å². The van der Waals surface area contributed by atoms with Crippen molar-refractivity contribution in [3.63, 3.8) is 0 Å². The van der Waals surface area contributed by atoms with Crippen LogP contribution in [0.3, 0.4) is 0 Å². The minimum atomic E-state index is -0.0801. The van der Waals surface area contributed by atoms with E-state index in [0.717, 1.165) is 29.0 Å². The Morgan fingerprint density at radius 2 is 1.83 bits per heavy atom. The first-order chi connectivity index (χ1) is 11.2. The van der Waals surface area contributed by atoms with Gasteiger partial charge in [0, 0.05) is 17.8 Å². The molecule has 0 bridgehead atoms. The highest BCUT2D eigenvalue weighted by atomic mass is 16.5. The average Bonchev–Trinajstić information content (AvgIpc) is 2.60. The Kier molecular flexibility index (Phi) is 3.15. The van der Waals surface area contributed by atoms with Gasteiger partial charge < -0.3 is 19.7 Å². The zero-order chi connectivity index (χ0) is 16.0. The van der Waals surface area contributed by atoms with Crippen LogP contribution in [0.15, 0.2) is 36.4 Å². The maximum Gasteiger partial charge on any atom is 0.322 e. The van der Waals surface area contributed by atoms with Crippen LogP contribution >= 0.6 is 0 Å². The molecule has 2 aliphatic rings. The van der Waals surface area contributed by atoms with E-state index in [0.29, 0.717) is 12.3 Å². The van der Waals surface area contributed by atoms with Crippen molar-refractivity contribution in [1.29, 1.82) is 0 Å². The van der Waals surface area contributed by atoms with Gasteiger partial charge in [-0.05, 0) is 35.7 Å². The molecule has 2 amide bonds. The predicted octanol–water partition coefficient (Wildman–Crippen LogP) is 3.20. The molecular formula is C18H18N2O3. The molecule has 0 unspecified atom stereocenters. The molecule has 1 atom stereocenters. The Hall–Kier alpha value is -2.69. The van der Waals surface area contributed by atoms with Crippen molar-refractivity contribution < 1.29 is 14.3 Å². The molecule has 5 heteroatoms. The Morgan fingerprint density at radius 3 is 2.61 bits per heavy atom. The Bertz CT molecular complexity index is 788. The lowest BCUT2D eigenvalue weighted by Crippen LogP contribution is -2.46. The monoisotopic (exact) mass is 310 g/mol. The molecule has 1 N–H and O–H groups in total. The molecule has 2 aliphatic heterocycles. The molecule has 0 aromatic heterocycles. The third-order valence-electron chi connectivity index (χ3n) is 4.63. The SMILES string of the molecule is COc1cc2c(cc1OC)[C@H]1c3ccccc3NC(=O)N1CC2. The summed E-state index contributed by atoms with van der Waals surface area (Å²) in [5, 5.41) is 2.97. The highest BCUT2D eigenvalue weighted by molar-refractivity contribution is 5.94. The van der Waals surface area contributed by atoms with Crippen LogP contribution in [0.1, 0.15) is 22.7 Å². The zero-order valence-electron chi connectivity index (χ0n) is 13.1. The summed E-state index contributed by atoms with van der Waals surface area (Å²) < 4.78 is 10.9. The lowest BCUT2D eigenvalue weighted by Gasteiger charge is -2.41. The van der Waals surface area contributed by atoms with Crippen molar-refractivity contribution >= 4 is 11.7 Å². The molecule has 118 valence electrons. The van der Waals surface area contributed by atoms with E-state index in [1.54, 1.807) is 14.2 Å². The maximum absolute atomic E-state index is 12.4. The number of rotatable bonds is 2. The predicted molar refractivity (Wildman–Crippen MR) is 87.3 cm³/mol. The van der Waals surface area contributed by atoms with Crippen LogP contribution in [-0.4, -0.2) is 31.7 Å². The summed E-state index contributed by atoms with van der Waals surface area (Å²) in [6, 6.07) is 11.9. The number of fused-ring (bicyclic) bond motifs is 5. The number of nitrogens with zero attached hydrogens (tertiary/aromatic N) is 1. The lowest BCUT2D eigenvalue weighted by molar-refractivity contribution is 0.190. The van der Waals surface area contributed by atoms with Crippen LogP contribution in [0, 0.1) is 0 Å². The summed E-state index contributed by atoms with van der Waals surface area (Å²) in [6.45, 7) is 0.688. The summed E-state index contributed by atoms with van der Waals surface area (Å²) >= 11 is 0. The van der Waals surface area contributed by atoms with E-state index in [1.165, 1.54) is 5.56 Å². The first kappa shape index (κ1) is 13.9. The first-order valence-electron chi connectivity index (χ1n) is 7.64. The quantitative estimate of drug-likeness (QED) is 0.927. The first-order valence-corrected chi connectivity index (χ1v) is 7.64. The van der Waals surface area contributed by atoms with Crippen molar-refractivity contribution in [3.8, 4) is 11.5 Å². The van der Waals surface area contributed by atoms with Gasteiger partial charge in [0.05, 0.1) is 20.3 Å². The molecule has 23 heavy (non-hydrogen) atoms. The summed E-state index contributed by atoms with van der Waals surface area (Å²) in [5.41, 5.74) is 4.30. The summed E-state index contributed by atoms with van der Waals surface area (Å²) in [5.74, 6) is 1.42. The van der Waals surface area contributed by atoms with Gasteiger partial charge in [-0.15, -0.1) is 0 Å². The van der Waals surface area contributed by atoms with Crippen LogP contribution in [0.25, 0.3) is 0 Å². The summed E-state index contributed by atoms with van der Waals surface area (Å²) in [7, 11) is 3.27. The van der Waals surface area contributed by atoms with Gasteiger partial charge in [-0.1, -0.05) is 18.2 Å². The average molecular weight is 310 g/mol. The van der Waals surface area contributed by atoms with Gasteiger partial charge in [-0.2, -0.15) is 0 Å². The molecule has 0 fully saturated rings. The van der Waals surface area contributed by atoms with E-state index in [-0.39, 0.29) is 12.1 Å². The third kappa shape index (κ3) is 2.04. The highest BCUT2D eigenvalue weighted by Gasteiger charge is 2.37. The van der Waals surface area contributed by atoms with E-state index >= 15 is 0 Å². The molecule has 0 saturated carbocycles. The number of carbonyl (C=O) groups is 1. The topological polar surface area (TPSA) is 50.8 Å². The molecule has 2 aromatic rings. The minimum Gasteiger partial charge on any atom is -0.493 e. The van der Waals surface area contributed by atoms with E-state index in [1.807, 2.05) is 35.2 Å². The number of ether oxygens (including phenoxy) is 2. The number of anilines is 1. The van der Waals surface area contributed by atoms with Crippen molar-refractivity contribution in [2.75, 3.05) is 26.1 Å². The number of hydrogen-bond acceptors (Lipinski definition) is 3. The van der Waals surface area contributed by atoms with Crippen molar-refractivity contribution in [3.05, 3.63) is 53.1 Å². The van der Waals surface area contributed by atoms with Crippen molar-refractivity contribution in [1.82, 2.24) is 4.90 Å². The number of methoxy groups -OCH3 is 2. The molecule has 0 aliphatic carbocycles. The number of benzene rings is 2. The largest absolute Gasteiger partial charge is 0.493 e. The standard InChI is InChI=1S/C18H18N2O3/c1-22-15-9-11-7-8-20-17(13(11)10-16(15)23-2)12-5-3-4-6-14(12)19-18(20)21/h3-6,9-10,17H,7-8H2,1-2H3,(H,19,21)/t17-/m1/s1. The van der Waals surface area contributed by atoms with Crippen LogP contribution < -0.4 is 14.8 Å². The Balaban J connectivity index is 1.92. The minimum absolute atomic E-state index is 0.0471. The number of urea groups is 1. The third-order valence-corrected chi connectivity index (χ3v) is 4.63. The second-order valence-corrected chi connectivity index (χ2v) is 5.77. The number of para-hydroxylation sites is 1. The normalized spacial score (nSPS) is 18.4. The molecule has 2 aromatic carbocycles. The summed E-state index contributed by atoms with van der Waals surface area (Å²) in [4.78, 5) is 14.3. The molecule has 0 saturated heterocycles. The van der Waals surface area contributed by atoms with Gasteiger partial charge in [-0.3, -0.25) is 0 Å². The second-order valence-electron chi connectivity index (χ2n) is 5.77. The maximum atomic E-state index is 12.4. The van der Waals surface area contributed by atoms with E-state index in [9.17, 15) is 4.79 Å². The zero-order valence-corrected chi connectivity index (χ0v) is 13.1. The molecule has 0 radical (unpaired) electrons. The van der Waals surface area contributed by atoms with E-state index in [4.69, 9.17) is 9.47 Å². The van der Waals surface area contributed by atoms with Gasteiger partial charge in [0.1, 0.15) is 0 Å². The fraction of sp³-hybridized carbons (Fsp3) is 0.278. The number of hydrogen-bond donors (Lipinski definition) is 1. The molecular weight excluding hydrogens is 292 g/mol. The van der Waals surface area contributed by atoms with Gasteiger partial charge in [-0.25, -0.2) is 4.79 Å². The van der Waals surface area contributed by atoms with Crippen LogP contribution in [-0.2, 0) is 6.42 Å². The Morgan fingerprint density at radius 1 is 1.09 bits per heavy atom. The number of amides is 2. The van der Waals surface area contributed by atoms with Gasteiger partial charge in [0.25, 0.3) is 0 Å². The van der Waals surface area contributed by atoms with Crippen LogP contribution in [0.2, 0.25) is 0 Å². The van der Waals surface area contributed by atoms with Crippen molar-refractivity contribution in [2.24, 2.45) is 0 Å². The fourth-order valence-corrected chi connectivity index (χ4v) is 3.54. The van der Waals surface area contributed by atoms with Gasteiger partial charge >= 0.3 is 6.03 Å². The fourth-order valence-electron chi connectivity index (χ4n) is 3.54. The van der Waals surface area contributed by atoms with E-state index < -0.39 is 0 Å². The summed E-state index contributed by atoms with van der Waals surface area (Å²) in [6.07, 6.45) is 0.807. The smallest absolute Gasteiger partial charge is 0.322 e. The highest BCUT2D eigenvalue weighted by Crippen LogP contribution is 2.44. The van der Waals surface area contributed by atoms with Crippen molar-refractivity contribution in [2.45, 2.75) is 12.5 Å². The molecule has 4 rings (SSSR count). The second kappa shape index (κ2) is 5.19.